The van der Waals surface area contributed by atoms with Crippen LogP contribution in [0.4, 0.5) is 0 Å². The van der Waals surface area contributed by atoms with Gasteiger partial charge in [0.2, 0.25) is 0 Å². The van der Waals surface area contributed by atoms with Gasteiger partial charge in [0.15, 0.2) is 0 Å². The summed E-state index contributed by atoms with van der Waals surface area (Å²) in [5.41, 5.74) is 2.61. The molecule has 1 heterocycles. The molecule has 1 aromatic carbocycles. The van der Waals surface area contributed by atoms with Crippen LogP contribution < -0.4 is 5.32 Å². The van der Waals surface area contributed by atoms with Crippen molar-refractivity contribution in [3.63, 3.8) is 0 Å². The summed E-state index contributed by atoms with van der Waals surface area (Å²) in [6.45, 7) is 9.14. The molecule has 1 fully saturated rings. The zero-order valence-corrected chi connectivity index (χ0v) is 12.5. The summed E-state index contributed by atoms with van der Waals surface area (Å²) in [5, 5.41) is 13.0. The van der Waals surface area contributed by atoms with Crippen LogP contribution in [0.25, 0.3) is 0 Å². The van der Waals surface area contributed by atoms with Crippen molar-refractivity contribution in [3.05, 3.63) is 35.4 Å². The van der Waals surface area contributed by atoms with E-state index in [1.54, 1.807) is 0 Å². The van der Waals surface area contributed by atoms with Crippen molar-refractivity contribution in [1.29, 1.82) is 0 Å². The average molecular weight is 278 g/mol. The van der Waals surface area contributed by atoms with Gasteiger partial charge in [-0.15, -0.1) is 0 Å². The fourth-order valence-corrected chi connectivity index (χ4v) is 2.61. The number of benzene rings is 1. The smallest absolute Gasteiger partial charge is 0.0636 e. The normalized spacial score (nSPS) is 19.8. The molecular formula is C16H26N2O2. The van der Waals surface area contributed by atoms with Crippen LogP contribution in [-0.4, -0.2) is 55.5 Å². The summed E-state index contributed by atoms with van der Waals surface area (Å²) in [4.78, 5) is 2.43. The van der Waals surface area contributed by atoms with E-state index < -0.39 is 0 Å². The lowest BCUT2D eigenvalue weighted by atomic mass is 10.0. The molecule has 0 radical (unpaired) electrons. The number of hydrogen-bond acceptors (Lipinski definition) is 4. The highest BCUT2D eigenvalue weighted by Crippen LogP contribution is 2.19. The van der Waals surface area contributed by atoms with Crippen LogP contribution in [0.5, 0.6) is 0 Å². The predicted octanol–water partition coefficient (Wildman–Crippen LogP) is 1.34. The van der Waals surface area contributed by atoms with E-state index in [0.717, 1.165) is 32.8 Å². The summed E-state index contributed by atoms with van der Waals surface area (Å²) in [5.74, 6) is 0. The van der Waals surface area contributed by atoms with Crippen molar-refractivity contribution in [3.8, 4) is 0 Å². The van der Waals surface area contributed by atoms with E-state index in [-0.39, 0.29) is 12.1 Å². The molecule has 20 heavy (non-hydrogen) atoms. The molecule has 0 saturated carbocycles. The third-order valence-corrected chi connectivity index (χ3v) is 3.77. The van der Waals surface area contributed by atoms with Crippen LogP contribution in [0.15, 0.2) is 24.3 Å². The van der Waals surface area contributed by atoms with Gasteiger partial charge in [-0.3, -0.25) is 4.90 Å². The van der Waals surface area contributed by atoms with Crippen LogP contribution >= 0.6 is 0 Å². The van der Waals surface area contributed by atoms with Crippen LogP contribution in [-0.2, 0) is 4.74 Å². The van der Waals surface area contributed by atoms with Crippen molar-refractivity contribution in [2.75, 3.05) is 39.4 Å². The van der Waals surface area contributed by atoms with Gasteiger partial charge in [-0.1, -0.05) is 24.3 Å². The van der Waals surface area contributed by atoms with E-state index in [1.165, 1.54) is 11.1 Å². The zero-order chi connectivity index (χ0) is 14.4. The molecule has 0 aliphatic carbocycles. The minimum Gasteiger partial charge on any atom is -0.392 e. The molecule has 2 atom stereocenters. The second kappa shape index (κ2) is 7.74. The number of ether oxygens (including phenoxy) is 1. The third-order valence-electron chi connectivity index (χ3n) is 3.77. The highest BCUT2D eigenvalue weighted by Gasteiger charge is 2.19. The quantitative estimate of drug-likeness (QED) is 0.824. The average Bonchev–Trinajstić information content (AvgIpc) is 2.45. The molecule has 0 amide bonds. The summed E-state index contributed by atoms with van der Waals surface area (Å²) in [6, 6.07) is 8.73. The van der Waals surface area contributed by atoms with Gasteiger partial charge >= 0.3 is 0 Å². The Morgan fingerprint density at radius 2 is 2.00 bits per heavy atom. The maximum Gasteiger partial charge on any atom is 0.0636 e. The van der Waals surface area contributed by atoms with Crippen LogP contribution in [0.2, 0.25) is 0 Å². The third kappa shape index (κ3) is 4.56. The number of nitrogens with zero attached hydrogens (tertiary/aromatic N) is 1. The topological polar surface area (TPSA) is 44.7 Å². The Kier molecular flexibility index (Phi) is 5.98. The second-order valence-corrected chi connectivity index (χ2v) is 5.58. The first-order chi connectivity index (χ1) is 9.66. The van der Waals surface area contributed by atoms with Crippen LogP contribution in [0.1, 0.15) is 24.1 Å². The Morgan fingerprint density at radius 3 is 2.65 bits per heavy atom. The first kappa shape index (κ1) is 15.4. The van der Waals surface area contributed by atoms with E-state index >= 15 is 0 Å². The number of aryl methyl sites for hydroxylation is 1. The van der Waals surface area contributed by atoms with Crippen molar-refractivity contribution in [2.24, 2.45) is 0 Å². The molecule has 1 aliphatic heterocycles. The molecule has 4 nitrogen and oxygen atoms in total. The van der Waals surface area contributed by atoms with E-state index in [0.29, 0.717) is 6.54 Å². The summed E-state index contributed by atoms with van der Waals surface area (Å²) in [7, 11) is 0. The largest absolute Gasteiger partial charge is 0.392 e. The highest BCUT2D eigenvalue weighted by atomic mass is 16.5. The molecule has 0 spiro atoms. The fraction of sp³-hybridized carbons (Fsp3) is 0.625. The van der Waals surface area contributed by atoms with Gasteiger partial charge in [0.1, 0.15) is 0 Å². The fourth-order valence-electron chi connectivity index (χ4n) is 2.61. The molecule has 1 aliphatic rings. The van der Waals surface area contributed by atoms with E-state index in [2.05, 4.69) is 41.4 Å². The Balaban J connectivity index is 2.05. The Hall–Kier alpha value is -0.940. The van der Waals surface area contributed by atoms with Crippen molar-refractivity contribution < 1.29 is 9.84 Å². The first-order valence-corrected chi connectivity index (χ1v) is 7.44. The van der Waals surface area contributed by atoms with Crippen LogP contribution in [0, 0.1) is 6.92 Å². The number of hydrogen-bond donors (Lipinski definition) is 2. The van der Waals surface area contributed by atoms with Crippen molar-refractivity contribution in [1.82, 2.24) is 10.2 Å². The monoisotopic (exact) mass is 278 g/mol. The molecule has 4 heteroatoms. The molecule has 2 N–H and O–H groups in total. The number of morpholine rings is 1. The predicted molar refractivity (Wildman–Crippen MR) is 80.9 cm³/mol. The number of aliphatic hydroxyl groups is 1. The minimum absolute atomic E-state index is 0.254. The SMILES string of the molecule is Cc1ccccc1[C@H](CN1CCOCC1)NC[C@H](C)O. The zero-order valence-electron chi connectivity index (χ0n) is 12.5. The van der Waals surface area contributed by atoms with Gasteiger partial charge in [0, 0.05) is 32.2 Å². The molecule has 0 aromatic heterocycles. The van der Waals surface area contributed by atoms with Gasteiger partial charge in [0.25, 0.3) is 0 Å². The molecule has 1 saturated heterocycles. The molecule has 0 unspecified atom stereocenters. The van der Waals surface area contributed by atoms with Gasteiger partial charge in [0.05, 0.1) is 19.3 Å². The number of rotatable bonds is 6. The van der Waals surface area contributed by atoms with Crippen molar-refractivity contribution in [2.45, 2.75) is 26.0 Å². The van der Waals surface area contributed by atoms with Gasteiger partial charge in [-0.05, 0) is 25.0 Å². The number of aliphatic hydroxyl groups excluding tert-OH is 1. The molecule has 0 bridgehead atoms. The Bertz CT molecular complexity index is 403. The van der Waals surface area contributed by atoms with E-state index in [1.807, 2.05) is 6.92 Å². The standard InChI is InChI=1S/C16H26N2O2/c1-13-5-3-4-6-15(13)16(17-11-14(2)19)12-18-7-9-20-10-8-18/h3-6,14,16-17,19H,7-12H2,1-2H3/t14-,16-/m0/s1. The van der Waals surface area contributed by atoms with Gasteiger partial charge < -0.3 is 15.2 Å². The highest BCUT2D eigenvalue weighted by molar-refractivity contribution is 5.29. The molecular weight excluding hydrogens is 252 g/mol. The summed E-state index contributed by atoms with van der Waals surface area (Å²) >= 11 is 0. The minimum atomic E-state index is -0.328. The lowest BCUT2D eigenvalue weighted by molar-refractivity contribution is 0.0327. The molecule has 2 rings (SSSR count). The number of nitrogens with one attached hydrogen (secondary N) is 1. The lowest BCUT2D eigenvalue weighted by Crippen LogP contribution is -2.43. The van der Waals surface area contributed by atoms with E-state index in [9.17, 15) is 5.11 Å². The first-order valence-electron chi connectivity index (χ1n) is 7.44. The molecule has 1 aromatic rings. The summed E-state index contributed by atoms with van der Waals surface area (Å²) in [6.07, 6.45) is -0.328. The van der Waals surface area contributed by atoms with Gasteiger partial charge in [-0.25, -0.2) is 0 Å². The summed E-state index contributed by atoms with van der Waals surface area (Å²) < 4.78 is 5.41. The van der Waals surface area contributed by atoms with Crippen molar-refractivity contribution >= 4 is 0 Å². The van der Waals surface area contributed by atoms with Crippen LogP contribution in [0.3, 0.4) is 0 Å². The van der Waals surface area contributed by atoms with Gasteiger partial charge in [-0.2, -0.15) is 0 Å². The maximum atomic E-state index is 9.53. The Labute approximate surface area is 121 Å². The van der Waals surface area contributed by atoms with E-state index in [4.69, 9.17) is 4.74 Å². The second-order valence-electron chi connectivity index (χ2n) is 5.58. The molecule has 112 valence electrons. The Morgan fingerprint density at radius 1 is 1.30 bits per heavy atom. The maximum absolute atomic E-state index is 9.53. The lowest BCUT2D eigenvalue weighted by Gasteiger charge is -2.32.